The Hall–Kier alpha value is -0.820. The van der Waals surface area contributed by atoms with Crippen LogP contribution in [0.25, 0.3) is 5.57 Å². The minimum atomic E-state index is 0.150. The average molecular weight is 347 g/mol. The summed E-state index contributed by atoms with van der Waals surface area (Å²) in [6.45, 7) is 14.1. The van der Waals surface area contributed by atoms with Gasteiger partial charge in [-0.2, -0.15) is 0 Å². The summed E-state index contributed by atoms with van der Waals surface area (Å²) >= 11 is 3.88. The van der Waals surface area contributed by atoms with Crippen LogP contribution in [0.1, 0.15) is 53.5 Å². The van der Waals surface area contributed by atoms with E-state index in [1.807, 2.05) is 0 Å². The summed E-state index contributed by atoms with van der Waals surface area (Å²) in [5.74, 6) is 0. The SMILES string of the molecule is CC(C)(C)C1(C(C)(C)C)C=CC(c2ccccc2)=C(Br)C1. The Morgan fingerprint density at radius 1 is 0.905 bits per heavy atom. The van der Waals surface area contributed by atoms with Crippen molar-refractivity contribution in [3.63, 3.8) is 0 Å². The van der Waals surface area contributed by atoms with Gasteiger partial charge < -0.3 is 0 Å². The van der Waals surface area contributed by atoms with Crippen molar-refractivity contribution in [1.82, 2.24) is 0 Å². The van der Waals surface area contributed by atoms with Gasteiger partial charge in [-0.1, -0.05) is 100.0 Å². The second-order valence-corrected chi connectivity index (χ2v) is 9.12. The van der Waals surface area contributed by atoms with Crippen LogP contribution in [-0.2, 0) is 0 Å². The summed E-state index contributed by atoms with van der Waals surface area (Å²) < 4.78 is 1.32. The van der Waals surface area contributed by atoms with Gasteiger partial charge in [0.05, 0.1) is 0 Å². The van der Waals surface area contributed by atoms with Crippen molar-refractivity contribution in [2.45, 2.75) is 48.0 Å². The molecule has 0 heterocycles. The normalized spacial score (nSPS) is 19.0. The lowest BCUT2D eigenvalue weighted by molar-refractivity contribution is 0.0188. The number of hydrogen-bond donors (Lipinski definition) is 0. The van der Waals surface area contributed by atoms with Crippen LogP contribution in [0.15, 0.2) is 47.0 Å². The van der Waals surface area contributed by atoms with E-state index in [1.165, 1.54) is 15.6 Å². The number of benzene rings is 1. The van der Waals surface area contributed by atoms with Gasteiger partial charge in [-0.3, -0.25) is 0 Å². The van der Waals surface area contributed by atoms with Gasteiger partial charge in [-0.05, 0) is 28.4 Å². The van der Waals surface area contributed by atoms with Crippen LogP contribution in [-0.4, -0.2) is 0 Å². The molecule has 0 nitrogen and oxygen atoms in total. The van der Waals surface area contributed by atoms with Gasteiger partial charge in [0.15, 0.2) is 0 Å². The molecule has 0 aliphatic heterocycles. The maximum Gasteiger partial charge on any atom is 0.00379 e. The van der Waals surface area contributed by atoms with Gasteiger partial charge in [0.25, 0.3) is 0 Å². The van der Waals surface area contributed by atoms with Crippen LogP contribution in [0.5, 0.6) is 0 Å². The molecule has 0 fully saturated rings. The van der Waals surface area contributed by atoms with Gasteiger partial charge in [0.2, 0.25) is 0 Å². The minimum Gasteiger partial charge on any atom is -0.0763 e. The van der Waals surface area contributed by atoms with Crippen molar-refractivity contribution in [2.24, 2.45) is 16.2 Å². The topological polar surface area (TPSA) is 0 Å². The highest BCUT2D eigenvalue weighted by molar-refractivity contribution is 9.11. The highest BCUT2D eigenvalue weighted by Gasteiger charge is 2.49. The molecule has 0 radical (unpaired) electrons. The number of halogens is 1. The Balaban J connectivity index is 2.49. The molecule has 0 N–H and O–H groups in total. The van der Waals surface area contributed by atoms with Crippen LogP contribution in [0.3, 0.4) is 0 Å². The molecule has 0 aromatic heterocycles. The van der Waals surface area contributed by atoms with E-state index >= 15 is 0 Å². The van der Waals surface area contributed by atoms with E-state index < -0.39 is 0 Å². The van der Waals surface area contributed by atoms with E-state index in [4.69, 9.17) is 0 Å². The zero-order valence-electron chi connectivity index (χ0n) is 14.1. The fourth-order valence-corrected chi connectivity index (χ4v) is 4.54. The summed E-state index contributed by atoms with van der Waals surface area (Å²) in [5, 5.41) is 0. The third kappa shape index (κ3) is 2.90. The number of rotatable bonds is 1. The molecule has 0 unspecified atom stereocenters. The fraction of sp³-hybridized carbons (Fsp3) is 0.500. The zero-order valence-corrected chi connectivity index (χ0v) is 15.7. The zero-order chi connectivity index (χ0) is 15.9. The van der Waals surface area contributed by atoms with Gasteiger partial charge in [0.1, 0.15) is 0 Å². The van der Waals surface area contributed by atoms with Crippen molar-refractivity contribution >= 4 is 21.5 Å². The second kappa shape index (κ2) is 5.43. The van der Waals surface area contributed by atoms with E-state index in [-0.39, 0.29) is 16.2 Å². The van der Waals surface area contributed by atoms with Crippen LogP contribution < -0.4 is 0 Å². The standard InChI is InChI=1S/C20H27Br/c1-18(2,3)20(19(4,5)6)13-12-16(17(21)14-20)15-10-8-7-9-11-15/h7-13H,14H2,1-6H3. The number of hydrogen-bond acceptors (Lipinski definition) is 0. The number of allylic oxidation sites excluding steroid dienone is 4. The quantitative estimate of drug-likeness (QED) is 0.522. The molecule has 1 aliphatic rings. The lowest BCUT2D eigenvalue weighted by Gasteiger charge is -2.53. The van der Waals surface area contributed by atoms with Crippen molar-refractivity contribution in [3.8, 4) is 0 Å². The Kier molecular flexibility index (Phi) is 4.28. The first kappa shape index (κ1) is 16.5. The molecule has 0 amide bonds. The molecule has 1 aliphatic carbocycles. The molecule has 0 atom stereocenters. The summed E-state index contributed by atoms with van der Waals surface area (Å²) in [7, 11) is 0. The Morgan fingerprint density at radius 3 is 1.86 bits per heavy atom. The summed E-state index contributed by atoms with van der Waals surface area (Å²) in [5.41, 5.74) is 3.18. The van der Waals surface area contributed by atoms with Crippen LogP contribution in [0, 0.1) is 16.2 Å². The van der Waals surface area contributed by atoms with Gasteiger partial charge in [0, 0.05) is 9.90 Å². The maximum absolute atomic E-state index is 3.88. The lowest BCUT2D eigenvalue weighted by atomic mass is 9.51. The molecule has 1 heteroatoms. The third-order valence-corrected chi connectivity index (χ3v) is 5.73. The Morgan fingerprint density at radius 2 is 1.43 bits per heavy atom. The first-order valence-electron chi connectivity index (χ1n) is 7.72. The summed E-state index contributed by atoms with van der Waals surface area (Å²) in [6, 6.07) is 10.6. The molecule has 0 bridgehead atoms. The second-order valence-electron chi connectivity index (χ2n) is 8.17. The van der Waals surface area contributed by atoms with E-state index in [9.17, 15) is 0 Å². The predicted molar refractivity (Wildman–Crippen MR) is 97.4 cm³/mol. The Labute approximate surface area is 138 Å². The van der Waals surface area contributed by atoms with Gasteiger partial charge in [-0.15, -0.1) is 0 Å². The molecule has 114 valence electrons. The van der Waals surface area contributed by atoms with Crippen molar-refractivity contribution < 1.29 is 0 Å². The van der Waals surface area contributed by atoms with Crippen molar-refractivity contribution in [2.75, 3.05) is 0 Å². The van der Waals surface area contributed by atoms with Crippen molar-refractivity contribution in [1.29, 1.82) is 0 Å². The molecule has 1 aromatic carbocycles. The van der Waals surface area contributed by atoms with Crippen molar-refractivity contribution in [3.05, 3.63) is 52.5 Å². The predicted octanol–water partition coefficient (Wildman–Crippen LogP) is 6.83. The fourth-order valence-electron chi connectivity index (χ4n) is 3.74. The molecular formula is C20H27Br. The highest BCUT2D eigenvalue weighted by atomic mass is 79.9. The van der Waals surface area contributed by atoms with E-state index in [2.05, 4.69) is 100.0 Å². The van der Waals surface area contributed by atoms with Gasteiger partial charge >= 0.3 is 0 Å². The van der Waals surface area contributed by atoms with Crippen LogP contribution >= 0.6 is 15.9 Å². The Bertz CT molecular complexity index is 548. The third-order valence-electron chi connectivity index (χ3n) is 5.02. The molecule has 1 aromatic rings. The minimum absolute atomic E-state index is 0.150. The highest BCUT2D eigenvalue weighted by Crippen LogP contribution is 2.59. The van der Waals surface area contributed by atoms with E-state index in [0.717, 1.165) is 6.42 Å². The van der Waals surface area contributed by atoms with Gasteiger partial charge in [-0.25, -0.2) is 0 Å². The first-order chi connectivity index (χ1) is 9.58. The largest absolute Gasteiger partial charge is 0.0763 e. The first-order valence-corrected chi connectivity index (χ1v) is 8.51. The average Bonchev–Trinajstić information content (AvgIpc) is 2.37. The lowest BCUT2D eigenvalue weighted by Crippen LogP contribution is -2.45. The molecule has 21 heavy (non-hydrogen) atoms. The molecule has 0 saturated heterocycles. The van der Waals surface area contributed by atoms with Crippen LogP contribution in [0.2, 0.25) is 0 Å². The monoisotopic (exact) mass is 346 g/mol. The molecule has 0 spiro atoms. The maximum atomic E-state index is 3.88. The molecular weight excluding hydrogens is 320 g/mol. The van der Waals surface area contributed by atoms with E-state index in [0.29, 0.717) is 0 Å². The van der Waals surface area contributed by atoms with E-state index in [1.54, 1.807) is 0 Å². The smallest absolute Gasteiger partial charge is 0.00379 e. The summed E-state index contributed by atoms with van der Waals surface area (Å²) in [4.78, 5) is 0. The van der Waals surface area contributed by atoms with Crippen LogP contribution in [0.4, 0.5) is 0 Å². The summed E-state index contributed by atoms with van der Waals surface area (Å²) in [6.07, 6.45) is 5.83. The molecule has 2 rings (SSSR count). The molecule has 0 saturated carbocycles.